The number of nitrogens with one attached hydrogen (secondary N) is 2. The normalized spacial score (nSPS) is 15.2. The Morgan fingerprint density at radius 3 is 2.73 bits per heavy atom. The standard InChI is InChI=1S/C29H31N7O4/c1-35(2)15-6-9-25(37)36-16-13-19(18-36)32-29-26-24(12-14-31-28(26)33-34-29)40-23-11-10-21(17-22(23)27(30)38)39-20-7-4-3-5-8-20/h3-12,14,17,19H,13,15-16,18H2,1-2H3,(H2,30,38)(H2,31,32,33,34)/b9-6+/t19-/m1/s1. The van der Waals surface area contributed by atoms with Crippen molar-refractivity contribution in [1.29, 1.82) is 0 Å². The van der Waals surface area contributed by atoms with Crippen molar-refractivity contribution in [3.8, 4) is 23.0 Å². The number of anilines is 1. The Kier molecular flexibility index (Phi) is 7.92. The first kappa shape index (κ1) is 26.7. The monoisotopic (exact) mass is 541 g/mol. The molecule has 0 unspecified atom stereocenters. The Hall–Kier alpha value is -4.90. The number of hydrogen-bond acceptors (Lipinski definition) is 8. The van der Waals surface area contributed by atoms with Crippen LogP contribution in [0.4, 0.5) is 5.82 Å². The number of benzene rings is 2. The fraction of sp³-hybridized carbons (Fsp3) is 0.241. The zero-order valence-corrected chi connectivity index (χ0v) is 22.3. The predicted octanol–water partition coefficient (Wildman–Crippen LogP) is 3.77. The SMILES string of the molecule is CN(C)C/C=C/C(=O)N1CC[C@@H](Nc2n[nH]c3nccc(Oc4ccc(Oc5ccccc5)cc4C(N)=O)c23)C1. The molecule has 0 saturated carbocycles. The first-order chi connectivity index (χ1) is 19.4. The molecular formula is C29H31N7O4. The van der Waals surface area contributed by atoms with Crippen LogP contribution in [-0.4, -0.2) is 76.6 Å². The van der Waals surface area contributed by atoms with E-state index in [-0.39, 0.29) is 23.3 Å². The number of hydrogen-bond donors (Lipinski definition) is 3. The van der Waals surface area contributed by atoms with E-state index in [0.717, 1.165) is 6.42 Å². The van der Waals surface area contributed by atoms with Gasteiger partial charge < -0.3 is 30.3 Å². The molecule has 0 aliphatic carbocycles. The van der Waals surface area contributed by atoms with Gasteiger partial charge in [-0.1, -0.05) is 24.3 Å². The first-order valence-electron chi connectivity index (χ1n) is 12.9. The average molecular weight is 542 g/mol. The number of likely N-dealkylation sites (N-methyl/N-ethyl adjacent to an activating group) is 1. The number of rotatable bonds is 10. The van der Waals surface area contributed by atoms with Gasteiger partial charge in [-0.25, -0.2) is 4.98 Å². The Labute approximate surface area is 231 Å². The summed E-state index contributed by atoms with van der Waals surface area (Å²) in [6.07, 6.45) is 5.84. The summed E-state index contributed by atoms with van der Waals surface area (Å²) in [6, 6.07) is 15.8. The molecule has 1 aliphatic rings. The number of primary amides is 1. The molecule has 2 aromatic carbocycles. The highest BCUT2D eigenvalue weighted by atomic mass is 16.5. The summed E-state index contributed by atoms with van der Waals surface area (Å²) in [6.45, 7) is 1.90. The van der Waals surface area contributed by atoms with Crippen LogP contribution in [0.2, 0.25) is 0 Å². The van der Waals surface area contributed by atoms with Crippen molar-refractivity contribution in [1.82, 2.24) is 25.0 Å². The molecule has 11 heteroatoms. The van der Waals surface area contributed by atoms with Crippen molar-refractivity contribution < 1.29 is 19.1 Å². The minimum atomic E-state index is -0.653. The van der Waals surface area contributed by atoms with Gasteiger partial charge in [-0.3, -0.25) is 14.7 Å². The van der Waals surface area contributed by atoms with Gasteiger partial charge in [0.15, 0.2) is 11.5 Å². The van der Waals surface area contributed by atoms with Gasteiger partial charge in [0.25, 0.3) is 5.91 Å². The van der Waals surface area contributed by atoms with Gasteiger partial charge in [0.1, 0.15) is 28.4 Å². The van der Waals surface area contributed by atoms with Gasteiger partial charge in [-0.2, -0.15) is 5.10 Å². The number of amides is 2. The second-order valence-corrected chi connectivity index (χ2v) is 9.72. The number of nitrogens with zero attached hydrogens (tertiary/aromatic N) is 4. The van der Waals surface area contributed by atoms with E-state index in [1.165, 1.54) is 0 Å². The number of fused-ring (bicyclic) bond motifs is 1. The van der Waals surface area contributed by atoms with Gasteiger partial charge in [-0.05, 0) is 50.8 Å². The van der Waals surface area contributed by atoms with Crippen LogP contribution in [0.25, 0.3) is 11.0 Å². The maximum absolute atomic E-state index is 12.6. The third-order valence-corrected chi connectivity index (χ3v) is 6.41. The van der Waals surface area contributed by atoms with E-state index in [1.54, 1.807) is 36.5 Å². The molecule has 1 fully saturated rings. The van der Waals surface area contributed by atoms with E-state index in [9.17, 15) is 9.59 Å². The molecule has 0 radical (unpaired) electrons. The lowest BCUT2D eigenvalue weighted by molar-refractivity contribution is -0.125. The van der Waals surface area contributed by atoms with E-state index in [2.05, 4.69) is 20.5 Å². The average Bonchev–Trinajstić information content (AvgIpc) is 3.58. The van der Waals surface area contributed by atoms with Gasteiger partial charge in [0, 0.05) is 44.0 Å². The molecule has 2 aromatic heterocycles. The summed E-state index contributed by atoms with van der Waals surface area (Å²) in [7, 11) is 3.91. The summed E-state index contributed by atoms with van der Waals surface area (Å²) < 4.78 is 12.1. The molecule has 1 atom stereocenters. The largest absolute Gasteiger partial charge is 0.457 e. The highest BCUT2D eigenvalue weighted by molar-refractivity contribution is 5.97. The minimum absolute atomic E-state index is 0.00125. The van der Waals surface area contributed by atoms with Crippen molar-refractivity contribution in [2.24, 2.45) is 5.73 Å². The summed E-state index contributed by atoms with van der Waals surface area (Å²) >= 11 is 0. The summed E-state index contributed by atoms with van der Waals surface area (Å²) in [5.74, 6) is 1.68. The highest BCUT2D eigenvalue weighted by Gasteiger charge is 2.27. The Morgan fingerprint density at radius 1 is 1.12 bits per heavy atom. The summed E-state index contributed by atoms with van der Waals surface area (Å²) in [5.41, 5.74) is 6.37. The lowest BCUT2D eigenvalue weighted by atomic mass is 10.1. The topological polar surface area (TPSA) is 139 Å². The molecule has 0 bridgehead atoms. The Balaban J connectivity index is 1.33. The van der Waals surface area contributed by atoms with Crippen molar-refractivity contribution in [3.05, 3.63) is 78.5 Å². The van der Waals surface area contributed by atoms with Gasteiger partial charge in [-0.15, -0.1) is 0 Å². The Morgan fingerprint density at radius 2 is 1.95 bits per heavy atom. The number of aromatic amines is 1. The van der Waals surface area contributed by atoms with Gasteiger partial charge >= 0.3 is 0 Å². The number of pyridine rings is 1. The number of para-hydroxylation sites is 1. The van der Waals surface area contributed by atoms with Crippen molar-refractivity contribution >= 4 is 28.7 Å². The fourth-order valence-electron chi connectivity index (χ4n) is 4.45. The number of carbonyl (C=O) groups excluding carboxylic acids is 2. The molecule has 1 saturated heterocycles. The number of H-pyrrole nitrogens is 1. The van der Waals surface area contributed by atoms with Crippen LogP contribution in [0, 0.1) is 0 Å². The van der Waals surface area contributed by atoms with Gasteiger partial charge in [0.05, 0.1) is 5.56 Å². The lowest BCUT2D eigenvalue weighted by Gasteiger charge is -2.16. The van der Waals surface area contributed by atoms with Crippen molar-refractivity contribution in [2.75, 3.05) is 39.0 Å². The summed E-state index contributed by atoms with van der Waals surface area (Å²) in [5, 5.41) is 11.4. The molecular weight excluding hydrogens is 510 g/mol. The molecule has 4 N–H and O–H groups in total. The van der Waals surface area contributed by atoms with E-state index < -0.39 is 5.91 Å². The molecule has 0 spiro atoms. The maximum atomic E-state index is 12.6. The van der Waals surface area contributed by atoms with Crippen molar-refractivity contribution in [3.63, 3.8) is 0 Å². The molecule has 3 heterocycles. The van der Waals surface area contributed by atoms with E-state index in [1.807, 2.05) is 60.3 Å². The third-order valence-electron chi connectivity index (χ3n) is 6.41. The number of carbonyl (C=O) groups is 2. The lowest BCUT2D eigenvalue weighted by Crippen LogP contribution is -2.30. The first-order valence-corrected chi connectivity index (χ1v) is 12.9. The van der Waals surface area contributed by atoms with Crippen LogP contribution in [-0.2, 0) is 4.79 Å². The number of ether oxygens (including phenoxy) is 2. The quantitative estimate of drug-likeness (QED) is 0.258. The molecule has 40 heavy (non-hydrogen) atoms. The van der Waals surface area contributed by atoms with Crippen LogP contribution in [0.15, 0.2) is 72.9 Å². The zero-order valence-electron chi connectivity index (χ0n) is 22.3. The van der Waals surface area contributed by atoms with E-state index in [4.69, 9.17) is 15.2 Å². The van der Waals surface area contributed by atoms with E-state index >= 15 is 0 Å². The number of aromatic nitrogens is 3. The third kappa shape index (κ3) is 6.21. The van der Waals surface area contributed by atoms with Crippen LogP contribution in [0.3, 0.4) is 0 Å². The van der Waals surface area contributed by atoms with E-state index in [0.29, 0.717) is 53.7 Å². The second-order valence-electron chi connectivity index (χ2n) is 9.72. The predicted molar refractivity (Wildman–Crippen MR) is 152 cm³/mol. The maximum Gasteiger partial charge on any atom is 0.252 e. The molecule has 1 aliphatic heterocycles. The fourth-order valence-corrected chi connectivity index (χ4v) is 4.45. The highest BCUT2D eigenvalue weighted by Crippen LogP contribution is 2.36. The number of likely N-dealkylation sites (tertiary alicyclic amines) is 1. The summed E-state index contributed by atoms with van der Waals surface area (Å²) in [4.78, 5) is 33.0. The van der Waals surface area contributed by atoms with Crippen molar-refractivity contribution in [2.45, 2.75) is 12.5 Å². The minimum Gasteiger partial charge on any atom is -0.457 e. The van der Waals surface area contributed by atoms with Crippen LogP contribution in [0.1, 0.15) is 16.8 Å². The second kappa shape index (κ2) is 11.9. The van der Waals surface area contributed by atoms with Crippen LogP contribution in [0.5, 0.6) is 23.0 Å². The molecule has 11 nitrogen and oxygen atoms in total. The zero-order chi connectivity index (χ0) is 28.1. The Bertz CT molecular complexity index is 1530. The smallest absolute Gasteiger partial charge is 0.252 e. The molecule has 5 rings (SSSR count). The molecule has 2 amide bonds. The molecule has 4 aromatic rings. The van der Waals surface area contributed by atoms with Gasteiger partial charge in [0.2, 0.25) is 5.91 Å². The van der Waals surface area contributed by atoms with Crippen LogP contribution >= 0.6 is 0 Å². The number of nitrogens with two attached hydrogens (primary N) is 1. The van der Waals surface area contributed by atoms with Crippen LogP contribution < -0.4 is 20.5 Å². The molecule has 206 valence electrons.